The van der Waals surface area contributed by atoms with E-state index in [9.17, 15) is 4.79 Å². The Balaban J connectivity index is 1.80. The van der Waals surface area contributed by atoms with Crippen LogP contribution in [-0.2, 0) is 11.2 Å². The summed E-state index contributed by atoms with van der Waals surface area (Å²) in [6, 6.07) is 11.0. The second kappa shape index (κ2) is 9.50. The second-order valence-electron chi connectivity index (χ2n) is 5.51. The number of nitrogens with one attached hydrogen (secondary N) is 2. The van der Waals surface area contributed by atoms with Gasteiger partial charge in [0.1, 0.15) is 11.6 Å². The van der Waals surface area contributed by atoms with Crippen molar-refractivity contribution in [2.75, 3.05) is 24.3 Å². The Kier molecular flexibility index (Phi) is 7.01. The van der Waals surface area contributed by atoms with Gasteiger partial charge in [-0.05, 0) is 36.2 Å². The van der Waals surface area contributed by atoms with Crippen LogP contribution in [0.15, 0.2) is 36.4 Å². The zero-order chi connectivity index (χ0) is 17.2. The van der Waals surface area contributed by atoms with Crippen LogP contribution in [0.25, 0.3) is 0 Å². The maximum absolute atomic E-state index is 12.0. The minimum absolute atomic E-state index is 0.127. The molecule has 2 rings (SSSR count). The van der Waals surface area contributed by atoms with Crippen molar-refractivity contribution in [1.29, 1.82) is 0 Å². The van der Waals surface area contributed by atoms with Crippen LogP contribution in [0.5, 0.6) is 5.75 Å². The van der Waals surface area contributed by atoms with Crippen LogP contribution in [0.2, 0.25) is 0 Å². The van der Waals surface area contributed by atoms with E-state index in [0.29, 0.717) is 5.82 Å². The number of carbonyl (C=O) groups excluding carboxylic acids is 1. The van der Waals surface area contributed by atoms with E-state index in [-0.39, 0.29) is 12.3 Å². The number of benzene rings is 1. The smallest absolute Gasteiger partial charge is 0.229 e. The van der Waals surface area contributed by atoms with Crippen LogP contribution in [0.1, 0.15) is 31.7 Å². The van der Waals surface area contributed by atoms with Crippen molar-refractivity contribution in [3.63, 3.8) is 0 Å². The summed E-state index contributed by atoms with van der Waals surface area (Å²) in [4.78, 5) is 12.0. The van der Waals surface area contributed by atoms with Crippen LogP contribution < -0.4 is 15.4 Å². The first-order chi connectivity index (χ1) is 11.7. The molecule has 0 saturated heterocycles. The lowest BCUT2D eigenvalue weighted by Crippen LogP contribution is -2.16. The molecule has 2 N–H and O–H groups in total. The predicted molar refractivity (Wildman–Crippen MR) is 95.4 cm³/mol. The van der Waals surface area contributed by atoms with Gasteiger partial charge in [-0.1, -0.05) is 31.9 Å². The Morgan fingerprint density at radius 2 is 1.75 bits per heavy atom. The molecule has 128 valence electrons. The molecule has 24 heavy (non-hydrogen) atoms. The fraction of sp³-hybridized carbons (Fsp3) is 0.389. The van der Waals surface area contributed by atoms with Crippen molar-refractivity contribution in [3.05, 3.63) is 42.0 Å². The SMILES string of the molecule is CCCCCNc1ccc(NC(=O)Cc2ccc(OC)cc2)nn1. The van der Waals surface area contributed by atoms with Crippen molar-refractivity contribution < 1.29 is 9.53 Å². The molecule has 6 heteroatoms. The first-order valence-electron chi connectivity index (χ1n) is 8.21. The van der Waals surface area contributed by atoms with E-state index in [2.05, 4.69) is 27.8 Å². The molecule has 0 bridgehead atoms. The summed E-state index contributed by atoms with van der Waals surface area (Å²) in [5.74, 6) is 1.82. The highest BCUT2D eigenvalue weighted by Crippen LogP contribution is 2.12. The Labute approximate surface area is 142 Å². The zero-order valence-electron chi connectivity index (χ0n) is 14.2. The van der Waals surface area contributed by atoms with Gasteiger partial charge in [-0.25, -0.2) is 0 Å². The summed E-state index contributed by atoms with van der Waals surface area (Å²) in [5.41, 5.74) is 0.912. The number of carbonyl (C=O) groups is 1. The van der Waals surface area contributed by atoms with Gasteiger partial charge in [0.05, 0.1) is 13.5 Å². The molecule has 2 aromatic rings. The molecule has 0 radical (unpaired) electrons. The summed E-state index contributed by atoms with van der Waals surface area (Å²) >= 11 is 0. The molecule has 1 amide bonds. The molecule has 0 saturated carbocycles. The third-order valence-electron chi connectivity index (χ3n) is 3.54. The topological polar surface area (TPSA) is 76.1 Å². The molecule has 0 aliphatic rings. The lowest BCUT2D eigenvalue weighted by atomic mass is 10.1. The van der Waals surface area contributed by atoms with Crippen LogP contribution >= 0.6 is 0 Å². The van der Waals surface area contributed by atoms with E-state index < -0.39 is 0 Å². The average Bonchev–Trinajstić information content (AvgIpc) is 2.61. The predicted octanol–water partition coefficient (Wildman–Crippen LogP) is 3.27. The number of nitrogens with zero attached hydrogens (tertiary/aromatic N) is 2. The summed E-state index contributed by atoms with van der Waals surface area (Å²) < 4.78 is 5.10. The molecule has 6 nitrogen and oxygen atoms in total. The first-order valence-corrected chi connectivity index (χ1v) is 8.21. The minimum atomic E-state index is -0.127. The number of rotatable bonds is 9. The molecule has 0 aliphatic heterocycles. The van der Waals surface area contributed by atoms with Gasteiger partial charge >= 0.3 is 0 Å². The van der Waals surface area contributed by atoms with Gasteiger partial charge in [0, 0.05) is 6.54 Å². The molecule has 0 fully saturated rings. The molecule has 1 aromatic carbocycles. The second-order valence-corrected chi connectivity index (χ2v) is 5.51. The molecule has 0 spiro atoms. The van der Waals surface area contributed by atoms with Gasteiger partial charge < -0.3 is 15.4 Å². The number of hydrogen-bond acceptors (Lipinski definition) is 5. The van der Waals surface area contributed by atoms with E-state index in [1.165, 1.54) is 12.8 Å². The van der Waals surface area contributed by atoms with E-state index in [0.717, 1.165) is 30.1 Å². The fourth-order valence-electron chi connectivity index (χ4n) is 2.20. The van der Waals surface area contributed by atoms with E-state index in [1.807, 2.05) is 30.3 Å². The highest BCUT2D eigenvalue weighted by Gasteiger charge is 2.06. The van der Waals surface area contributed by atoms with Crippen LogP contribution in [0.4, 0.5) is 11.6 Å². The maximum Gasteiger partial charge on any atom is 0.229 e. The van der Waals surface area contributed by atoms with E-state index >= 15 is 0 Å². The van der Waals surface area contributed by atoms with Crippen LogP contribution in [0.3, 0.4) is 0 Å². The number of ether oxygens (including phenoxy) is 1. The molecular weight excluding hydrogens is 304 g/mol. The van der Waals surface area contributed by atoms with Crippen LogP contribution in [0, 0.1) is 0 Å². The molecule has 0 atom stereocenters. The lowest BCUT2D eigenvalue weighted by molar-refractivity contribution is -0.115. The van der Waals surface area contributed by atoms with Crippen LogP contribution in [-0.4, -0.2) is 29.8 Å². The maximum atomic E-state index is 12.0. The number of methoxy groups -OCH3 is 1. The van der Waals surface area contributed by atoms with Crippen molar-refractivity contribution in [3.8, 4) is 5.75 Å². The Bertz CT molecular complexity index is 626. The van der Waals surface area contributed by atoms with E-state index in [1.54, 1.807) is 13.2 Å². The summed E-state index contributed by atoms with van der Waals surface area (Å²) in [6.45, 7) is 3.05. The summed E-state index contributed by atoms with van der Waals surface area (Å²) in [6.07, 6.45) is 3.77. The Morgan fingerprint density at radius 3 is 2.38 bits per heavy atom. The van der Waals surface area contributed by atoms with Crippen molar-refractivity contribution >= 4 is 17.5 Å². The van der Waals surface area contributed by atoms with Gasteiger partial charge in [-0.15, -0.1) is 10.2 Å². The largest absolute Gasteiger partial charge is 0.497 e. The summed E-state index contributed by atoms with van der Waals surface area (Å²) in [5, 5.41) is 14.1. The van der Waals surface area contributed by atoms with Gasteiger partial charge in [0.2, 0.25) is 5.91 Å². The number of unbranched alkanes of at least 4 members (excludes halogenated alkanes) is 2. The van der Waals surface area contributed by atoms with Gasteiger partial charge in [0.25, 0.3) is 0 Å². The molecule has 0 aliphatic carbocycles. The monoisotopic (exact) mass is 328 g/mol. The quantitative estimate of drug-likeness (QED) is 0.691. The first kappa shape index (κ1) is 17.7. The Hall–Kier alpha value is -2.63. The van der Waals surface area contributed by atoms with Gasteiger partial charge in [0.15, 0.2) is 5.82 Å². The lowest BCUT2D eigenvalue weighted by Gasteiger charge is -2.07. The molecule has 1 aromatic heterocycles. The van der Waals surface area contributed by atoms with Crippen molar-refractivity contribution in [1.82, 2.24) is 10.2 Å². The molecular formula is C18H24N4O2. The Morgan fingerprint density at radius 1 is 1.04 bits per heavy atom. The minimum Gasteiger partial charge on any atom is -0.497 e. The zero-order valence-corrected chi connectivity index (χ0v) is 14.2. The third kappa shape index (κ3) is 5.87. The standard InChI is InChI=1S/C18H24N4O2/c1-3-4-5-12-19-16-10-11-17(22-21-16)20-18(23)13-14-6-8-15(24-2)9-7-14/h6-11H,3-5,12-13H2,1-2H3,(H,19,21)(H,20,22,23). The summed E-state index contributed by atoms with van der Waals surface area (Å²) in [7, 11) is 1.61. The highest BCUT2D eigenvalue weighted by atomic mass is 16.5. The fourth-order valence-corrected chi connectivity index (χ4v) is 2.20. The number of anilines is 2. The molecule has 0 unspecified atom stereocenters. The highest BCUT2D eigenvalue weighted by molar-refractivity contribution is 5.91. The van der Waals surface area contributed by atoms with E-state index in [4.69, 9.17) is 4.74 Å². The van der Waals surface area contributed by atoms with Gasteiger partial charge in [-0.2, -0.15) is 0 Å². The number of hydrogen-bond donors (Lipinski definition) is 2. The normalized spacial score (nSPS) is 10.2. The third-order valence-corrected chi connectivity index (χ3v) is 3.54. The van der Waals surface area contributed by atoms with Gasteiger partial charge in [-0.3, -0.25) is 4.79 Å². The molecule has 1 heterocycles. The number of aromatic nitrogens is 2. The number of amides is 1. The van der Waals surface area contributed by atoms with Crippen molar-refractivity contribution in [2.45, 2.75) is 32.6 Å². The average molecular weight is 328 g/mol. The van der Waals surface area contributed by atoms with Crippen molar-refractivity contribution in [2.24, 2.45) is 0 Å².